The van der Waals surface area contributed by atoms with Gasteiger partial charge in [0.05, 0.1) is 27.7 Å². The fourth-order valence-electron chi connectivity index (χ4n) is 6.20. The zero-order chi connectivity index (χ0) is 39.5. The van der Waals surface area contributed by atoms with Gasteiger partial charge >= 0.3 is 0 Å². The standard InChI is InChI=1S/C45H30N4/c1-4-15-31(16-5-1)34-21-14-22-35(29-34)44-46-43(33-19-8-3-9-20-33)47-45(48-44)36-27-28-37(32-17-6-2-7-18-32)42(30-36)49-40-25-12-10-23-38(40)39-24-11-13-26-41(39)49/h1-30H/i10D,11D,12D,13D,23D,24D,25D,26D. The van der Waals surface area contributed by atoms with Crippen molar-refractivity contribution in [2.24, 2.45) is 0 Å². The van der Waals surface area contributed by atoms with Gasteiger partial charge in [0, 0.05) is 33.0 Å². The van der Waals surface area contributed by atoms with Crippen LogP contribution in [0.1, 0.15) is 11.0 Å². The minimum absolute atomic E-state index is 0.000441. The van der Waals surface area contributed by atoms with Crippen LogP contribution in [0.4, 0.5) is 0 Å². The molecule has 7 aromatic carbocycles. The second kappa shape index (κ2) is 12.2. The number of hydrogen-bond donors (Lipinski definition) is 0. The van der Waals surface area contributed by atoms with Crippen molar-refractivity contribution in [1.82, 2.24) is 19.5 Å². The zero-order valence-corrected chi connectivity index (χ0v) is 26.0. The summed E-state index contributed by atoms with van der Waals surface area (Å²) >= 11 is 0. The number of hydrogen-bond acceptors (Lipinski definition) is 3. The summed E-state index contributed by atoms with van der Waals surface area (Å²) in [5.41, 5.74) is 5.99. The molecule has 0 aliphatic rings. The molecule has 0 aliphatic heterocycles. The second-order valence-corrected chi connectivity index (χ2v) is 11.5. The van der Waals surface area contributed by atoms with Crippen molar-refractivity contribution in [2.45, 2.75) is 0 Å². The van der Waals surface area contributed by atoms with E-state index in [0.29, 0.717) is 34.3 Å². The molecule has 0 amide bonds. The van der Waals surface area contributed by atoms with Crippen LogP contribution in [0.5, 0.6) is 0 Å². The molecule has 0 N–H and O–H groups in total. The number of benzene rings is 7. The first-order valence-corrected chi connectivity index (χ1v) is 15.8. The van der Waals surface area contributed by atoms with Gasteiger partial charge in [-0.2, -0.15) is 0 Å². The number of para-hydroxylation sites is 2. The number of fused-ring (bicyclic) bond motifs is 3. The highest BCUT2D eigenvalue weighted by atomic mass is 15.0. The van der Waals surface area contributed by atoms with Crippen LogP contribution < -0.4 is 0 Å². The van der Waals surface area contributed by atoms with E-state index in [1.165, 1.54) is 4.57 Å². The molecule has 2 aromatic heterocycles. The molecule has 49 heavy (non-hydrogen) atoms. The third-order valence-corrected chi connectivity index (χ3v) is 8.51. The summed E-state index contributed by atoms with van der Waals surface area (Å²) < 4.78 is 72.2. The summed E-state index contributed by atoms with van der Waals surface area (Å²) in [5.74, 6) is 1.20. The molecule has 9 rings (SSSR count). The maximum absolute atomic E-state index is 9.15. The van der Waals surface area contributed by atoms with E-state index in [-0.39, 0.29) is 33.9 Å². The maximum Gasteiger partial charge on any atom is 0.164 e. The maximum atomic E-state index is 9.15. The number of aromatic nitrogens is 4. The summed E-state index contributed by atoms with van der Waals surface area (Å²) in [4.78, 5) is 14.9. The van der Waals surface area contributed by atoms with Crippen LogP contribution in [0.25, 0.3) is 83.9 Å². The van der Waals surface area contributed by atoms with Crippen LogP contribution >= 0.6 is 0 Å². The molecule has 0 saturated heterocycles. The molecule has 0 bridgehead atoms. The van der Waals surface area contributed by atoms with Crippen molar-refractivity contribution in [2.75, 3.05) is 0 Å². The predicted octanol–water partition coefficient (Wildman–Crippen LogP) is 11.3. The lowest BCUT2D eigenvalue weighted by Crippen LogP contribution is -2.02. The molecule has 2 heterocycles. The van der Waals surface area contributed by atoms with Gasteiger partial charge in [0.2, 0.25) is 0 Å². The van der Waals surface area contributed by atoms with Gasteiger partial charge in [-0.15, -0.1) is 0 Å². The quantitative estimate of drug-likeness (QED) is 0.183. The van der Waals surface area contributed by atoms with Crippen LogP contribution in [0, 0.1) is 0 Å². The monoisotopic (exact) mass is 634 g/mol. The van der Waals surface area contributed by atoms with Crippen LogP contribution in [0.15, 0.2) is 182 Å². The molecule has 0 unspecified atom stereocenters. The Balaban J connectivity index is 1.37. The molecule has 0 radical (unpaired) electrons. The largest absolute Gasteiger partial charge is 0.309 e. The van der Waals surface area contributed by atoms with Crippen molar-refractivity contribution in [3.05, 3.63) is 182 Å². The van der Waals surface area contributed by atoms with Crippen molar-refractivity contribution in [3.63, 3.8) is 0 Å². The number of rotatable bonds is 6. The highest BCUT2D eigenvalue weighted by molar-refractivity contribution is 6.09. The van der Waals surface area contributed by atoms with E-state index in [1.807, 2.05) is 127 Å². The van der Waals surface area contributed by atoms with Crippen molar-refractivity contribution in [3.8, 4) is 62.1 Å². The fourth-order valence-corrected chi connectivity index (χ4v) is 6.20. The van der Waals surface area contributed by atoms with E-state index in [9.17, 15) is 0 Å². The Labute approximate surface area is 295 Å². The third-order valence-electron chi connectivity index (χ3n) is 8.51. The highest BCUT2D eigenvalue weighted by Gasteiger charge is 2.19. The van der Waals surface area contributed by atoms with Gasteiger partial charge in [-0.25, -0.2) is 15.0 Å². The van der Waals surface area contributed by atoms with Gasteiger partial charge in [-0.1, -0.05) is 158 Å². The molecule has 4 heteroatoms. The Morgan fingerprint density at radius 3 is 1.47 bits per heavy atom. The van der Waals surface area contributed by atoms with Gasteiger partial charge in [-0.05, 0) is 40.9 Å². The minimum Gasteiger partial charge on any atom is -0.309 e. The molecular weight excluding hydrogens is 597 g/mol. The van der Waals surface area contributed by atoms with Crippen molar-refractivity contribution >= 4 is 21.8 Å². The van der Waals surface area contributed by atoms with E-state index in [0.717, 1.165) is 27.8 Å². The van der Waals surface area contributed by atoms with Crippen molar-refractivity contribution in [1.29, 1.82) is 0 Å². The molecule has 4 nitrogen and oxygen atoms in total. The highest BCUT2D eigenvalue weighted by Crippen LogP contribution is 2.38. The topological polar surface area (TPSA) is 43.6 Å². The zero-order valence-electron chi connectivity index (χ0n) is 34.0. The minimum atomic E-state index is -0.501. The van der Waals surface area contributed by atoms with Gasteiger partial charge in [0.25, 0.3) is 0 Å². The van der Waals surface area contributed by atoms with Crippen molar-refractivity contribution < 1.29 is 11.0 Å². The first-order chi connectivity index (χ1) is 27.6. The van der Waals surface area contributed by atoms with Crippen LogP contribution in [-0.4, -0.2) is 19.5 Å². The SMILES string of the molecule is [2H]c1c([2H])c([2H])c2c(c1[2H])c1c([2H])c([2H])c([2H])c([2H])c1n2-c1cc(-c2nc(-c3ccccc3)nc(-c3cccc(-c4ccccc4)c3)n2)ccc1-c1ccccc1. The third kappa shape index (κ3) is 5.26. The van der Waals surface area contributed by atoms with Gasteiger partial charge in [-0.3, -0.25) is 0 Å². The first-order valence-electron chi connectivity index (χ1n) is 19.8. The summed E-state index contributed by atoms with van der Waals surface area (Å²) in [5, 5.41) is -0.000882. The lowest BCUT2D eigenvalue weighted by atomic mass is 10.0. The van der Waals surface area contributed by atoms with Gasteiger partial charge < -0.3 is 4.57 Å². The lowest BCUT2D eigenvalue weighted by molar-refractivity contribution is 1.07. The molecule has 230 valence electrons. The molecule has 9 aromatic rings. The predicted molar refractivity (Wildman–Crippen MR) is 201 cm³/mol. The van der Waals surface area contributed by atoms with Crippen LogP contribution in [0.2, 0.25) is 0 Å². The molecule has 0 atom stereocenters. The van der Waals surface area contributed by atoms with Crippen LogP contribution in [0.3, 0.4) is 0 Å². The summed E-state index contributed by atoms with van der Waals surface area (Å²) in [7, 11) is 0. The molecule has 0 aliphatic carbocycles. The average Bonchev–Trinajstić information content (AvgIpc) is 3.63. The molecule has 0 fully saturated rings. The molecular formula is C45H30N4. The summed E-state index contributed by atoms with van der Waals surface area (Å²) in [6.07, 6.45) is 0. The smallest absolute Gasteiger partial charge is 0.164 e. The second-order valence-electron chi connectivity index (χ2n) is 11.5. The Morgan fingerprint density at radius 2 is 0.857 bits per heavy atom. The molecule has 0 saturated carbocycles. The fraction of sp³-hybridized carbons (Fsp3) is 0. The van der Waals surface area contributed by atoms with Gasteiger partial charge in [0.1, 0.15) is 0 Å². The number of nitrogens with zero attached hydrogens (tertiary/aromatic N) is 4. The Kier molecular flexibility index (Phi) is 5.29. The van der Waals surface area contributed by atoms with E-state index in [2.05, 4.69) is 0 Å². The summed E-state index contributed by atoms with van der Waals surface area (Å²) in [6.45, 7) is 0. The van der Waals surface area contributed by atoms with E-state index < -0.39 is 36.3 Å². The van der Waals surface area contributed by atoms with E-state index in [4.69, 9.17) is 25.9 Å². The average molecular weight is 635 g/mol. The molecule has 0 spiro atoms. The van der Waals surface area contributed by atoms with E-state index >= 15 is 0 Å². The van der Waals surface area contributed by atoms with Crippen LogP contribution in [-0.2, 0) is 0 Å². The van der Waals surface area contributed by atoms with Gasteiger partial charge in [0.15, 0.2) is 17.5 Å². The first kappa shape index (κ1) is 21.3. The Hall–Kier alpha value is -6.65. The Bertz CT molecular complexity index is 2970. The normalized spacial score (nSPS) is 13.6. The lowest BCUT2D eigenvalue weighted by Gasteiger charge is -2.16. The summed E-state index contributed by atoms with van der Waals surface area (Å²) in [6, 6.07) is 39.1. The van der Waals surface area contributed by atoms with E-state index in [1.54, 1.807) is 6.07 Å². The Morgan fingerprint density at radius 1 is 0.388 bits per heavy atom.